The standard InChI is InChI=1S/C31H48O5/c1-20(15-17-36-19-32)8-12-24-21(2)9-11-23(31(24,7)28(34)35)18-25-22(3)10-13-26-29(4,5)27(33)14-16-30(25,26)6/h15,19,23-27,33H,2-3,8-14,16-18H2,1,4-7H3,(H,34,35)/b20-15+/t23-,24-,25+,26-,27+,30+,31-/m1/s1. The Kier molecular flexibility index (Phi) is 8.65. The number of aliphatic hydroxyl groups is 1. The zero-order valence-corrected chi connectivity index (χ0v) is 23.1. The average molecular weight is 501 g/mol. The van der Waals surface area contributed by atoms with Crippen LogP contribution in [0.4, 0.5) is 0 Å². The van der Waals surface area contributed by atoms with Gasteiger partial charge in [0.2, 0.25) is 0 Å². The van der Waals surface area contributed by atoms with Crippen molar-refractivity contribution in [3.63, 3.8) is 0 Å². The summed E-state index contributed by atoms with van der Waals surface area (Å²) in [5.41, 5.74) is 2.40. The molecule has 0 saturated heterocycles. The molecule has 0 radical (unpaired) electrons. The molecule has 0 spiro atoms. The molecule has 3 fully saturated rings. The van der Waals surface area contributed by atoms with Gasteiger partial charge in [0, 0.05) is 0 Å². The van der Waals surface area contributed by atoms with Gasteiger partial charge in [0.05, 0.1) is 11.5 Å². The molecule has 0 heterocycles. The van der Waals surface area contributed by atoms with Crippen LogP contribution in [0.25, 0.3) is 0 Å². The van der Waals surface area contributed by atoms with Crippen LogP contribution in [0.5, 0.6) is 0 Å². The summed E-state index contributed by atoms with van der Waals surface area (Å²) in [6, 6.07) is 0. The fraction of sp³-hybridized carbons (Fsp3) is 0.742. The van der Waals surface area contributed by atoms with Gasteiger partial charge in [-0.25, -0.2) is 0 Å². The van der Waals surface area contributed by atoms with E-state index in [0.29, 0.717) is 12.4 Å². The molecular formula is C31H48O5. The fourth-order valence-electron chi connectivity index (χ4n) is 8.32. The highest BCUT2D eigenvalue weighted by molar-refractivity contribution is 5.76. The van der Waals surface area contributed by atoms with Crippen molar-refractivity contribution in [1.29, 1.82) is 0 Å². The molecule has 0 aromatic heterocycles. The Morgan fingerprint density at radius 3 is 2.36 bits per heavy atom. The summed E-state index contributed by atoms with van der Waals surface area (Å²) >= 11 is 0. The Hall–Kier alpha value is -1.88. The zero-order valence-electron chi connectivity index (χ0n) is 23.1. The molecule has 2 N–H and O–H groups in total. The maximum atomic E-state index is 13.0. The molecule has 5 heteroatoms. The lowest BCUT2D eigenvalue weighted by molar-refractivity contribution is -0.160. The van der Waals surface area contributed by atoms with E-state index in [2.05, 4.69) is 33.9 Å². The van der Waals surface area contributed by atoms with Gasteiger partial charge in [0.15, 0.2) is 0 Å². The summed E-state index contributed by atoms with van der Waals surface area (Å²) in [5.74, 6) is -0.127. The van der Waals surface area contributed by atoms with Crippen LogP contribution in [-0.4, -0.2) is 35.4 Å². The quantitative estimate of drug-likeness (QED) is 0.209. The summed E-state index contributed by atoms with van der Waals surface area (Å²) in [6.07, 6.45) is 9.40. The van der Waals surface area contributed by atoms with E-state index in [1.54, 1.807) is 0 Å². The first kappa shape index (κ1) is 28.7. The molecule has 7 atom stereocenters. The first-order valence-corrected chi connectivity index (χ1v) is 13.8. The van der Waals surface area contributed by atoms with Crippen LogP contribution in [0.15, 0.2) is 36.0 Å². The summed E-state index contributed by atoms with van der Waals surface area (Å²) in [5, 5.41) is 21.5. The van der Waals surface area contributed by atoms with Crippen molar-refractivity contribution in [1.82, 2.24) is 0 Å². The molecule has 36 heavy (non-hydrogen) atoms. The predicted molar refractivity (Wildman–Crippen MR) is 143 cm³/mol. The van der Waals surface area contributed by atoms with Crippen LogP contribution >= 0.6 is 0 Å². The Morgan fingerprint density at radius 2 is 1.72 bits per heavy atom. The second-order valence-electron chi connectivity index (χ2n) is 13.0. The lowest BCUT2D eigenvalue weighted by Gasteiger charge is -2.60. The first-order chi connectivity index (χ1) is 16.8. The minimum atomic E-state index is -0.887. The van der Waals surface area contributed by atoms with Crippen LogP contribution in [-0.2, 0) is 14.3 Å². The summed E-state index contributed by atoms with van der Waals surface area (Å²) in [4.78, 5) is 23.4. The lowest BCUT2D eigenvalue weighted by Crippen LogP contribution is -2.56. The van der Waals surface area contributed by atoms with Crippen molar-refractivity contribution in [2.45, 2.75) is 98.5 Å². The highest BCUT2D eigenvalue weighted by Gasteiger charge is 2.58. The van der Waals surface area contributed by atoms with E-state index in [1.165, 1.54) is 5.57 Å². The number of carbonyl (C=O) groups excluding carboxylic acids is 1. The Morgan fingerprint density at radius 1 is 1.08 bits per heavy atom. The number of fused-ring (bicyclic) bond motifs is 1. The van der Waals surface area contributed by atoms with Gasteiger partial charge in [-0.05, 0) is 112 Å². The smallest absolute Gasteiger partial charge is 0.310 e. The molecule has 0 amide bonds. The van der Waals surface area contributed by atoms with Gasteiger partial charge < -0.3 is 14.9 Å². The van der Waals surface area contributed by atoms with Crippen molar-refractivity contribution >= 4 is 12.4 Å². The Balaban J connectivity index is 1.87. The second-order valence-corrected chi connectivity index (χ2v) is 13.0. The number of hydrogen-bond donors (Lipinski definition) is 2. The van der Waals surface area contributed by atoms with Gasteiger partial charge in [-0.1, -0.05) is 50.6 Å². The SMILES string of the molecule is C=C1CC[C@H](C[C@H]2C(=C)CC[C@@H]3C(C)(C)[C@@H](O)CC[C@]32C)[C@@](C)(C(=O)O)[C@@H]1CC/C(C)=C/COC=O. The highest BCUT2D eigenvalue weighted by Crippen LogP contribution is 2.63. The monoisotopic (exact) mass is 500 g/mol. The number of carboxylic acids is 1. The van der Waals surface area contributed by atoms with Gasteiger partial charge in [-0.3, -0.25) is 9.59 Å². The van der Waals surface area contributed by atoms with Crippen LogP contribution < -0.4 is 0 Å². The van der Waals surface area contributed by atoms with Gasteiger partial charge in [-0.15, -0.1) is 0 Å². The number of rotatable bonds is 9. The molecule has 0 aromatic rings. The van der Waals surface area contributed by atoms with E-state index in [0.717, 1.165) is 68.9 Å². The lowest BCUT2D eigenvalue weighted by atomic mass is 9.45. The van der Waals surface area contributed by atoms with E-state index in [4.69, 9.17) is 4.74 Å². The number of carbonyl (C=O) groups is 2. The third-order valence-electron chi connectivity index (χ3n) is 10.8. The fourth-order valence-corrected chi connectivity index (χ4v) is 8.32. The van der Waals surface area contributed by atoms with E-state index < -0.39 is 11.4 Å². The van der Waals surface area contributed by atoms with Gasteiger partial charge in [-0.2, -0.15) is 0 Å². The maximum absolute atomic E-state index is 13.0. The van der Waals surface area contributed by atoms with Crippen LogP contribution in [0.2, 0.25) is 0 Å². The number of allylic oxidation sites excluding steroid dienone is 3. The van der Waals surface area contributed by atoms with Crippen molar-refractivity contribution in [2.75, 3.05) is 6.61 Å². The third kappa shape index (κ3) is 5.10. The molecule has 202 valence electrons. The highest BCUT2D eigenvalue weighted by atomic mass is 16.5. The van der Waals surface area contributed by atoms with Crippen molar-refractivity contribution in [3.05, 3.63) is 36.0 Å². The van der Waals surface area contributed by atoms with Gasteiger partial charge in [0.1, 0.15) is 6.61 Å². The number of aliphatic hydroxyl groups excluding tert-OH is 1. The predicted octanol–water partition coefficient (Wildman–Crippen LogP) is 6.72. The van der Waals surface area contributed by atoms with E-state index >= 15 is 0 Å². The minimum absolute atomic E-state index is 0.0271. The first-order valence-electron chi connectivity index (χ1n) is 13.8. The van der Waals surface area contributed by atoms with Crippen LogP contribution in [0.3, 0.4) is 0 Å². The average Bonchev–Trinajstić information content (AvgIpc) is 2.80. The van der Waals surface area contributed by atoms with Crippen molar-refractivity contribution in [2.24, 2.45) is 39.9 Å². The number of carboxylic acid groups (broad SMARTS) is 1. The summed E-state index contributed by atoms with van der Waals surface area (Å²) in [7, 11) is 0. The normalized spacial score (nSPS) is 38.8. The molecule has 3 rings (SSSR count). The Bertz CT molecular complexity index is 901. The zero-order chi connectivity index (χ0) is 26.9. The molecule has 0 bridgehead atoms. The number of ether oxygens (including phenoxy) is 1. The van der Waals surface area contributed by atoms with Gasteiger partial charge in [0.25, 0.3) is 6.47 Å². The largest absolute Gasteiger partial charge is 0.481 e. The molecule has 0 unspecified atom stereocenters. The van der Waals surface area contributed by atoms with E-state index in [1.807, 2.05) is 19.9 Å². The van der Waals surface area contributed by atoms with Crippen molar-refractivity contribution in [3.8, 4) is 0 Å². The van der Waals surface area contributed by atoms with E-state index in [-0.39, 0.29) is 41.3 Å². The van der Waals surface area contributed by atoms with Crippen molar-refractivity contribution < 1.29 is 24.5 Å². The molecule has 5 nitrogen and oxygen atoms in total. The molecular weight excluding hydrogens is 452 g/mol. The van der Waals surface area contributed by atoms with E-state index in [9.17, 15) is 19.8 Å². The number of aliphatic carboxylic acids is 1. The van der Waals surface area contributed by atoms with Crippen LogP contribution in [0.1, 0.15) is 92.4 Å². The summed E-state index contributed by atoms with van der Waals surface area (Å²) < 4.78 is 4.79. The molecule has 0 aliphatic heterocycles. The summed E-state index contributed by atoms with van der Waals surface area (Å²) in [6.45, 7) is 20.3. The second kappa shape index (κ2) is 10.8. The molecule has 3 saturated carbocycles. The third-order valence-corrected chi connectivity index (χ3v) is 10.8. The topological polar surface area (TPSA) is 83.8 Å². The maximum Gasteiger partial charge on any atom is 0.310 e. The minimum Gasteiger partial charge on any atom is -0.481 e. The molecule has 3 aliphatic carbocycles. The number of hydrogen-bond acceptors (Lipinski definition) is 4. The Labute approximate surface area is 218 Å². The van der Waals surface area contributed by atoms with Crippen LogP contribution in [0, 0.1) is 39.9 Å². The molecule has 3 aliphatic rings. The molecule has 0 aromatic carbocycles. The van der Waals surface area contributed by atoms with Gasteiger partial charge >= 0.3 is 5.97 Å².